The van der Waals surface area contributed by atoms with Gasteiger partial charge in [0.2, 0.25) is 0 Å². The van der Waals surface area contributed by atoms with Gasteiger partial charge < -0.3 is 9.84 Å². The number of aromatic nitrogens is 2. The Labute approximate surface area is 152 Å². The molecule has 26 heavy (non-hydrogen) atoms. The molecule has 0 amide bonds. The predicted octanol–water partition coefficient (Wildman–Crippen LogP) is 2.35. The standard InChI is InChI=1S/C18H14N2O5S/c1-25-15(21)10-26-18-19-14-5-3-2-4-13(14)16(22)20(18)12-8-6-11(7-9-12)17(23)24/h2-9H,10H2,1H3,(H,23,24). The molecule has 1 N–H and O–H groups in total. The zero-order valence-corrected chi connectivity index (χ0v) is 14.5. The smallest absolute Gasteiger partial charge is 0.335 e. The maximum atomic E-state index is 13.0. The summed E-state index contributed by atoms with van der Waals surface area (Å²) >= 11 is 1.08. The molecule has 8 heteroatoms. The lowest BCUT2D eigenvalue weighted by Gasteiger charge is -2.13. The van der Waals surface area contributed by atoms with Crippen LogP contribution in [0.25, 0.3) is 16.6 Å². The Bertz CT molecular complexity index is 1040. The number of rotatable bonds is 5. The second kappa shape index (κ2) is 7.40. The van der Waals surface area contributed by atoms with Crippen LogP contribution in [0, 0.1) is 0 Å². The second-order valence-electron chi connectivity index (χ2n) is 5.27. The molecule has 3 aromatic rings. The molecule has 0 aliphatic rings. The molecule has 0 aliphatic carbocycles. The van der Waals surface area contributed by atoms with Crippen LogP contribution in [0.15, 0.2) is 58.5 Å². The minimum atomic E-state index is -1.05. The number of nitrogens with zero attached hydrogens (tertiary/aromatic N) is 2. The third kappa shape index (κ3) is 3.45. The number of esters is 1. The summed E-state index contributed by atoms with van der Waals surface area (Å²) in [6.45, 7) is 0. The Balaban J connectivity index is 2.17. The van der Waals surface area contributed by atoms with Crippen molar-refractivity contribution in [3.63, 3.8) is 0 Å². The Kier molecular flexibility index (Phi) is 5.04. The van der Waals surface area contributed by atoms with Crippen molar-refractivity contribution in [2.75, 3.05) is 12.9 Å². The summed E-state index contributed by atoms with van der Waals surface area (Å²) in [5, 5.41) is 9.78. The summed E-state index contributed by atoms with van der Waals surface area (Å²) < 4.78 is 6.00. The number of carboxylic acid groups (broad SMARTS) is 1. The van der Waals surface area contributed by atoms with Gasteiger partial charge in [0.05, 0.1) is 35.0 Å². The van der Waals surface area contributed by atoms with E-state index in [1.807, 2.05) is 0 Å². The van der Waals surface area contributed by atoms with E-state index in [2.05, 4.69) is 9.72 Å². The molecule has 7 nitrogen and oxygen atoms in total. The van der Waals surface area contributed by atoms with Crippen LogP contribution in [0.4, 0.5) is 0 Å². The minimum Gasteiger partial charge on any atom is -0.478 e. The number of hydrogen-bond acceptors (Lipinski definition) is 6. The number of para-hydroxylation sites is 1. The molecule has 0 unspecified atom stereocenters. The summed E-state index contributed by atoms with van der Waals surface area (Å²) in [5.74, 6) is -1.50. The summed E-state index contributed by atoms with van der Waals surface area (Å²) in [7, 11) is 1.29. The zero-order chi connectivity index (χ0) is 18.7. The van der Waals surface area contributed by atoms with E-state index in [9.17, 15) is 14.4 Å². The molecule has 1 aromatic heterocycles. The molecule has 0 radical (unpaired) electrons. The Hall–Kier alpha value is -3.13. The first-order valence-electron chi connectivity index (χ1n) is 7.56. The highest BCUT2D eigenvalue weighted by Crippen LogP contribution is 2.21. The summed E-state index contributed by atoms with van der Waals surface area (Å²) in [5.41, 5.74) is 0.791. The molecular weight excluding hydrogens is 356 g/mol. The highest BCUT2D eigenvalue weighted by atomic mass is 32.2. The Morgan fingerprint density at radius 2 is 1.85 bits per heavy atom. The molecule has 0 spiro atoms. The lowest BCUT2D eigenvalue weighted by Crippen LogP contribution is -2.22. The summed E-state index contributed by atoms with van der Waals surface area (Å²) in [4.78, 5) is 39.9. The topological polar surface area (TPSA) is 98.5 Å². The molecule has 132 valence electrons. The molecular formula is C18H14N2O5S. The van der Waals surface area contributed by atoms with E-state index in [0.29, 0.717) is 21.7 Å². The maximum Gasteiger partial charge on any atom is 0.335 e. The van der Waals surface area contributed by atoms with Crippen LogP contribution in [0.3, 0.4) is 0 Å². The van der Waals surface area contributed by atoms with E-state index in [1.54, 1.807) is 24.3 Å². The van der Waals surface area contributed by atoms with Crippen molar-refractivity contribution in [3.05, 3.63) is 64.4 Å². The first-order valence-corrected chi connectivity index (χ1v) is 8.55. The van der Waals surface area contributed by atoms with Crippen LogP contribution >= 0.6 is 11.8 Å². The molecule has 2 aromatic carbocycles. The second-order valence-corrected chi connectivity index (χ2v) is 6.21. The third-order valence-electron chi connectivity index (χ3n) is 3.66. The van der Waals surface area contributed by atoms with E-state index >= 15 is 0 Å². The number of methoxy groups -OCH3 is 1. The molecule has 0 fully saturated rings. The fourth-order valence-corrected chi connectivity index (χ4v) is 3.22. The Morgan fingerprint density at radius 3 is 2.50 bits per heavy atom. The monoisotopic (exact) mass is 370 g/mol. The molecule has 0 aliphatic heterocycles. The number of aromatic carboxylic acids is 1. The van der Waals surface area contributed by atoms with Crippen LogP contribution in [-0.2, 0) is 9.53 Å². The first-order chi connectivity index (χ1) is 12.5. The van der Waals surface area contributed by atoms with E-state index in [-0.39, 0.29) is 16.9 Å². The molecule has 0 atom stereocenters. The zero-order valence-electron chi connectivity index (χ0n) is 13.7. The van der Waals surface area contributed by atoms with Gasteiger partial charge in [0.15, 0.2) is 5.16 Å². The van der Waals surface area contributed by atoms with Crippen LogP contribution in [0.2, 0.25) is 0 Å². The van der Waals surface area contributed by atoms with Gasteiger partial charge in [0, 0.05) is 0 Å². The van der Waals surface area contributed by atoms with Gasteiger partial charge in [-0.25, -0.2) is 9.78 Å². The maximum absolute atomic E-state index is 13.0. The number of benzene rings is 2. The lowest BCUT2D eigenvalue weighted by atomic mass is 10.2. The van der Waals surface area contributed by atoms with E-state index in [1.165, 1.54) is 35.9 Å². The van der Waals surface area contributed by atoms with Crippen molar-refractivity contribution in [1.29, 1.82) is 0 Å². The van der Waals surface area contributed by atoms with Gasteiger partial charge >= 0.3 is 11.9 Å². The van der Waals surface area contributed by atoms with Crippen molar-refractivity contribution >= 4 is 34.6 Å². The highest BCUT2D eigenvalue weighted by molar-refractivity contribution is 7.99. The minimum absolute atomic E-state index is 0.00547. The number of carbonyl (C=O) groups excluding carboxylic acids is 1. The van der Waals surface area contributed by atoms with Gasteiger partial charge in [-0.15, -0.1) is 0 Å². The number of hydrogen-bond donors (Lipinski definition) is 1. The van der Waals surface area contributed by atoms with Gasteiger partial charge in [0.1, 0.15) is 0 Å². The normalized spacial score (nSPS) is 10.7. The van der Waals surface area contributed by atoms with Gasteiger partial charge in [-0.1, -0.05) is 23.9 Å². The molecule has 0 bridgehead atoms. The van der Waals surface area contributed by atoms with E-state index < -0.39 is 11.9 Å². The SMILES string of the molecule is COC(=O)CSc1nc2ccccc2c(=O)n1-c1ccc(C(=O)O)cc1. The van der Waals surface area contributed by atoms with Crippen molar-refractivity contribution in [3.8, 4) is 5.69 Å². The van der Waals surface area contributed by atoms with Crippen molar-refractivity contribution in [1.82, 2.24) is 9.55 Å². The molecule has 0 saturated carbocycles. The summed E-state index contributed by atoms with van der Waals surface area (Å²) in [6, 6.07) is 12.8. The van der Waals surface area contributed by atoms with Crippen molar-refractivity contribution in [2.24, 2.45) is 0 Å². The fourth-order valence-electron chi connectivity index (χ4n) is 2.37. The van der Waals surface area contributed by atoms with Gasteiger partial charge in [-0.05, 0) is 36.4 Å². The van der Waals surface area contributed by atoms with Crippen molar-refractivity contribution < 1.29 is 19.4 Å². The number of carbonyl (C=O) groups is 2. The average Bonchev–Trinajstić information content (AvgIpc) is 2.66. The van der Waals surface area contributed by atoms with Gasteiger partial charge in [-0.2, -0.15) is 0 Å². The van der Waals surface area contributed by atoms with E-state index in [0.717, 1.165) is 11.8 Å². The Morgan fingerprint density at radius 1 is 1.15 bits per heavy atom. The summed E-state index contributed by atoms with van der Waals surface area (Å²) in [6.07, 6.45) is 0. The van der Waals surface area contributed by atoms with Crippen LogP contribution in [-0.4, -0.2) is 39.5 Å². The van der Waals surface area contributed by atoms with Crippen molar-refractivity contribution in [2.45, 2.75) is 5.16 Å². The van der Waals surface area contributed by atoms with Gasteiger partial charge in [-0.3, -0.25) is 14.2 Å². The van der Waals surface area contributed by atoms with E-state index in [4.69, 9.17) is 5.11 Å². The lowest BCUT2D eigenvalue weighted by molar-refractivity contribution is -0.137. The molecule has 0 saturated heterocycles. The predicted molar refractivity (Wildman–Crippen MR) is 97.0 cm³/mol. The molecule has 3 rings (SSSR count). The molecule has 1 heterocycles. The largest absolute Gasteiger partial charge is 0.478 e. The van der Waals surface area contributed by atoms with Crippen LogP contribution < -0.4 is 5.56 Å². The third-order valence-corrected chi connectivity index (χ3v) is 4.58. The van der Waals surface area contributed by atoms with Crippen LogP contribution in [0.5, 0.6) is 0 Å². The number of fused-ring (bicyclic) bond motifs is 1. The fraction of sp³-hybridized carbons (Fsp3) is 0.111. The average molecular weight is 370 g/mol. The quantitative estimate of drug-likeness (QED) is 0.418. The van der Waals surface area contributed by atoms with Crippen LogP contribution in [0.1, 0.15) is 10.4 Å². The number of carboxylic acids is 1. The number of ether oxygens (including phenoxy) is 1. The van der Waals surface area contributed by atoms with Gasteiger partial charge in [0.25, 0.3) is 5.56 Å². The number of thioether (sulfide) groups is 1. The highest BCUT2D eigenvalue weighted by Gasteiger charge is 2.15. The first kappa shape index (κ1) is 17.7.